The molecule has 0 aliphatic heterocycles. The zero-order chi connectivity index (χ0) is 14.9. The summed E-state index contributed by atoms with van der Waals surface area (Å²) in [6, 6.07) is 10.8. The molecule has 0 amide bonds. The second-order valence-corrected chi connectivity index (χ2v) is 4.49. The summed E-state index contributed by atoms with van der Waals surface area (Å²) in [6.07, 6.45) is 1.77. The van der Waals surface area contributed by atoms with Crippen LogP contribution < -0.4 is 10.6 Å². The molecule has 0 atom stereocenters. The number of pyridine rings is 2. The molecule has 21 heavy (non-hydrogen) atoms. The Bertz CT molecular complexity index is 575. The lowest BCUT2D eigenvalue weighted by molar-refractivity contribution is 0.0690. The molecule has 0 saturated carbocycles. The summed E-state index contributed by atoms with van der Waals surface area (Å²) in [5.41, 5.74) is 1.80. The Labute approximate surface area is 123 Å². The number of aromatic carboxylic acids is 1. The number of carbonyl (C=O) groups is 1. The molecule has 0 fully saturated rings. The normalized spacial score (nSPS) is 10.5. The summed E-state index contributed by atoms with van der Waals surface area (Å²) in [7, 11) is 0. The van der Waals surface area contributed by atoms with Gasteiger partial charge in [-0.2, -0.15) is 0 Å². The fourth-order valence-corrected chi connectivity index (χ4v) is 1.81. The molecule has 2 aromatic heterocycles. The van der Waals surface area contributed by atoms with E-state index in [1.54, 1.807) is 18.3 Å². The van der Waals surface area contributed by atoms with Gasteiger partial charge in [0.1, 0.15) is 5.69 Å². The molecule has 0 unspecified atom stereocenters. The van der Waals surface area contributed by atoms with Crippen molar-refractivity contribution in [3.05, 3.63) is 59.7 Å². The van der Waals surface area contributed by atoms with E-state index >= 15 is 0 Å². The second-order valence-electron chi connectivity index (χ2n) is 4.49. The Hall–Kier alpha value is -2.31. The maximum atomic E-state index is 10.8. The van der Waals surface area contributed by atoms with E-state index < -0.39 is 5.97 Å². The standard InChI is InChI=1S/C15H18N4O2/c20-15(21)14-6-3-5-13(19-14)11-17-9-8-16-10-12-4-1-2-7-18-12/h1-7,16-17H,8-11H2,(H,20,21). The van der Waals surface area contributed by atoms with Gasteiger partial charge in [-0.1, -0.05) is 12.1 Å². The van der Waals surface area contributed by atoms with E-state index in [0.29, 0.717) is 6.54 Å². The predicted molar refractivity (Wildman–Crippen MR) is 78.8 cm³/mol. The third-order valence-corrected chi connectivity index (χ3v) is 2.84. The quantitative estimate of drug-likeness (QED) is 0.629. The topological polar surface area (TPSA) is 87.1 Å². The van der Waals surface area contributed by atoms with Gasteiger partial charge in [0, 0.05) is 32.4 Å². The molecule has 6 heteroatoms. The van der Waals surface area contributed by atoms with Crippen LogP contribution in [0.1, 0.15) is 21.9 Å². The Morgan fingerprint density at radius 3 is 2.38 bits per heavy atom. The first-order valence-corrected chi connectivity index (χ1v) is 6.76. The average molecular weight is 286 g/mol. The van der Waals surface area contributed by atoms with Crippen molar-refractivity contribution in [1.82, 2.24) is 20.6 Å². The van der Waals surface area contributed by atoms with Crippen LogP contribution in [0.5, 0.6) is 0 Å². The highest BCUT2D eigenvalue weighted by atomic mass is 16.4. The molecule has 110 valence electrons. The Morgan fingerprint density at radius 2 is 1.71 bits per heavy atom. The van der Waals surface area contributed by atoms with Crippen LogP contribution in [0.4, 0.5) is 0 Å². The van der Waals surface area contributed by atoms with Gasteiger partial charge in [0.25, 0.3) is 0 Å². The van der Waals surface area contributed by atoms with Gasteiger partial charge in [-0.3, -0.25) is 4.98 Å². The second kappa shape index (κ2) is 8.08. The lowest BCUT2D eigenvalue weighted by Gasteiger charge is -2.06. The monoisotopic (exact) mass is 286 g/mol. The molecule has 2 heterocycles. The first kappa shape index (κ1) is 15.1. The van der Waals surface area contributed by atoms with Crippen LogP contribution in [-0.4, -0.2) is 34.1 Å². The van der Waals surface area contributed by atoms with Crippen molar-refractivity contribution in [2.24, 2.45) is 0 Å². The van der Waals surface area contributed by atoms with Crippen molar-refractivity contribution in [2.45, 2.75) is 13.1 Å². The van der Waals surface area contributed by atoms with Crippen LogP contribution in [0.2, 0.25) is 0 Å². The summed E-state index contributed by atoms with van der Waals surface area (Å²) < 4.78 is 0. The summed E-state index contributed by atoms with van der Waals surface area (Å²) in [6.45, 7) is 2.85. The third-order valence-electron chi connectivity index (χ3n) is 2.84. The number of hydrogen-bond acceptors (Lipinski definition) is 5. The summed E-state index contributed by atoms with van der Waals surface area (Å²) >= 11 is 0. The van der Waals surface area contributed by atoms with Crippen molar-refractivity contribution in [3.63, 3.8) is 0 Å². The molecule has 0 aromatic carbocycles. The molecule has 2 aromatic rings. The molecule has 6 nitrogen and oxygen atoms in total. The Kier molecular flexibility index (Phi) is 5.81. The fourth-order valence-electron chi connectivity index (χ4n) is 1.81. The van der Waals surface area contributed by atoms with Crippen molar-refractivity contribution < 1.29 is 9.90 Å². The van der Waals surface area contributed by atoms with Gasteiger partial charge in [-0.25, -0.2) is 9.78 Å². The smallest absolute Gasteiger partial charge is 0.354 e. The predicted octanol–water partition coefficient (Wildman–Crippen LogP) is 1.05. The number of carboxylic acids is 1. The number of aromatic nitrogens is 2. The van der Waals surface area contributed by atoms with Crippen LogP contribution in [0.15, 0.2) is 42.6 Å². The van der Waals surface area contributed by atoms with Crippen LogP contribution >= 0.6 is 0 Å². The summed E-state index contributed by atoms with van der Waals surface area (Å²) in [4.78, 5) is 19.1. The van der Waals surface area contributed by atoms with Gasteiger partial charge < -0.3 is 15.7 Å². The van der Waals surface area contributed by atoms with Crippen LogP contribution in [0.3, 0.4) is 0 Å². The van der Waals surface area contributed by atoms with Gasteiger partial charge in [-0.05, 0) is 24.3 Å². The summed E-state index contributed by atoms with van der Waals surface area (Å²) in [5, 5.41) is 15.4. The maximum Gasteiger partial charge on any atom is 0.354 e. The fraction of sp³-hybridized carbons (Fsp3) is 0.267. The van der Waals surface area contributed by atoms with E-state index in [1.165, 1.54) is 6.07 Å². The molecular formula is C15H18N4O2. The zero-order valence-electron chi connectivity index (χ0n) is 11.6. The lowest BCUT2D eigenvalue weighted by atomic mass is 10.3. The van der Waals surface area contributed by atoms with E-state index in [4.69, 9.17) is 5.11 Å². The van der Waals surface area contributed by atoms with Gasteiger partial charge in [0.2, 0.25) is 0 Å². The minimum absolute atomic E-state index is 0.0718. The summed E-state index contributed by atoms with van der Waals surface area (Å²) in [5.74, 6) is -1.01. The minimum atomic E-state index is -1.01. The highest BCUT2D eigenvalue weighted by Gasteiger charge is 2.04. The highest BCUT2D eigenvalue weighted by Crippen LogP contribution is 1.99. The SMILES string of the molecule is O=C(O)c1cccc(CNCCNCc2ccccn2)n1. The van der Waals surface area contributed by atoms with Crippen LogP contribution in [0.25, 0.3) is 0 Å². The molecule has 0 spiro atoms. The van der Waals surface area contributed by atoms with E-state index in [2.05, 4.69) is 20.6 Å². The maximum absolute atomic E-state index is 10.8. The average Bonchev–Trinajstić information content (AvgIpc) is 2.52. The zero-order valence-corrected chi connectivity index (χ0v) is 11.6. The number of hydrogen-bond donors (Lipinski definition) is 3. The van der Waals surface area contributed by atoms with Crippen molar-refractivity contribution in [2.75, 3.05) is 13.1 Å². The number of carboxylic acid groups (broad SMARTS) is 1. The molecule has 0 saturated heterocycles. The Balaban J connectivity index is 1.64. The molecule has 0 aliphatic carbocycles. The van der Waals surface area contributed by atoms with Gasteiger partial charge >= 0.3 is 5.97 Å². The lowest BCUT2D eigenvalue weighted by Crippen LogP contribution is -2.27. The highest BCUT2D eigenvalue weighted by molar-refractivity contribution is 5.85. The number of nitrogens with one attached hydrogen (secondary N) is 2. The first-order valence-electron chi connectivity index (χ1n) is 6.76. The molecule has 0 aliphatic rings. The number of nitrogens with zero attached hydrogens (tertiary/aromatic N) is 2. The largest absolute Gasteiger partial charge is 0.477 e. The molecule has 3 N–H and O–H groups in total. The van der Waals surface area contributed by atoms with Gasteiger partial charge in [0.15, 0.2) is 0 Å². The van der Waals surface area contributed by atoms with E-state index in [9.17, 15) is 4.79 Å². The van der Waals surface area contributed by atoms with E-state index in [-0.39, 0.29) is 5.69 Å². The minimum Gasteiger partial charge on any atom is -0.477 e. The molecular weight excluding hydrogens is 268 g/mol. The van der Waals surface area contributed by atoms with Crippen molar-refractivity contribution in [3.8, 4) is 0 Å². The van der Waals surface area contributed by atoms with E-state index in [1.807, 2.05) is 18.2 Å². The van der Waals surface area contributed by atoms with Crippen LogP contribution in [-0.2, 0) is 13.1 Å². The third kappa shape index (κ3) is 5.29. The molecule has 2 rings (SSSR count). The Morgan fingerprint density at radius 1 is 1.00 bits per heavy atom. The van der Waals surface area contributed by atoms with Crippen molar-refractivity contribution in [1.29, 1.82) is 0 Å². The molecule has 0 radical (unpaired) electrons. The first-order chi connectivity index (χ1) is 10.3. The van der Waals surface area contributed by atoms with Gasteiger partial charge in [-0.15, -0.1) is 0 Å². The van der Waals surface area contributed by atoms with Crippen LogP contribution in [0, 0.1) is 0 Å². The van der Waals surface area contributed by atoms with E-state index in [0.717, 1.165) is 31.0 Å². The van der Waals surface area contributed by atoms with Gasteiger partial charge in [0.05, 0.1) is 11.4 Å². The molecule has 0 bridgehead atoms. The number of rotatable bonds is 8. The van der Waals surface area contributed by atoms with Crippen molar-refractivity contribution >= 4 is 5.97 Å².